The third-order valence-corrected chi connectivity index (χ3v) is 4.76. The van der Waals surface area contributed by atoms with Crippen LogP contribution in [-0.4, -0.2) is 23.1 Å². The number of hydrogen-bond acceptors (Lipinski definition) is 4. The number of anilines is 1. The summed E-state index contributed by atoms with van der Waals surface area (Å²) in [5.41, 5.74) is -0.206. The summed E-state index contributed by atoms with van der Waals surface area (Å²) < 4.78 is 5.69. The number of carbonyl (C=O) groups excluding carboxylic acids is 1. The molecule has 2 rings (SSSR count). The predicted octanol–water partition coefficient (Wildman–Crippen LogP) is 4.10. The van der Waals surface area contributed by atoms with E-state index in [0.717, 1.165) is 25.7 Å². The fourth-order valence-corrected chi connectivity index (χ4v) is 3.43. The zero-order valence-corrected chi connectivity index (χ0v) is 15.4. The van der Waals surface area contributed by atoms with E-state index in [-0.39, 0.29) is 18.4 Å². The number of ether oxygens (including phenoxy) is 1. The monoisotopic (exact) mass is 358 g/mol. The van der Waals surface area contributed by atoms with Crippen LogP contribution < -0.4 is 10.1 Å². The first-order valence-electron chi connectivity index (χ1n) is 9.10. The van der Waals surface area contributed by atoms with E-state index < -0.39 is 11.4 Å². The zero-order chi connectivity index (χ0) is 19.2. The fourth-order valence-electron chi connectivity index (χ4n) is 3.43. The molecule has 6 nitrogen and oxygen atoms in total. The molecule has 0 atom stereocenters. The van der Waals surface area contributed by atoms with Crippen molar-refractivity contribution in [3.8, 4) is 11.8 Å². The van der Waals surface area contributed by atoms with Gasteiger partial charge in [-0.2, -0.15) is 5.26 Å². The maximum absolute atomic E-state index is 12.6. The Morgan fingerprint density at radius 1 is 1.27 bits per heavy atom. The molecule has 0 saturated heterocycles. The molecule has 140 valence electrons. The van der Waals surface area contributed by atoms with Crippen molar-refractivity contribution < 1.29 is 19.4 Å². The van der Waals surface area contributed by atoms with Gasteiger partial charge in [0.25, 0.3) is 0 Å². The largest absolute Gasteiger partial charge is 0.489 e. The molecule has 1 saturated carbocycles. The average Bonchev–Trinajstić information content (AvgIpc) is 2.82. The van der Waals surface area contributed by atoms with Gasteiger partial charge in [0.1, 0.15) is 5.75 Å². The van der Waals surface area contributed by atoms with Gasteiger partial charge in [0.2, 0.25) is 5.91 Å². The summed E-state index contributed by atoms with van der Waals surface area (Å²) in [4.78, 5) is 24.5. The minimum Gasteiger partial charge on any atom is -0.489 e. The minimum absolute atomic E-state index is 0.0692. The van der Waals surface area contributed by atoms with Crippen LogP contribution in [0.3, 0.4) is 0 Å². The summed E-state index contributed by atoms with van der Waals surface area (Å²) in [6.45, 7) is 3.74. The van der Waals surface area contributed by atoms with E-state index in [1.54, 1.807) is 18.2 Å². The van der Waals surface area contributed by atoms with Crippen LogP contribution >= 0.6 is 0 Å². The Kier molecular flexibility index (Phi) is 6.62. The van der Waals surface area contributed by atoms with Gasteiger partial charge in [0.05, 0.1) is 28.8 Å². The number of hydrogen-bond donors (Lipinski definition) is 2. The highest BCUT2D eigenvalue weighted by molar-refractivity contribution is 5.95. The van der Waals surface area contributed by atoms with E-state index in [2.05, 4.69) is 5.32 Å². The lowest BCUT2D eigenvalue weighted by Crippen LogP contribution is -2.35. The molecule has 0 bridgehead atoms. The van der Waals surface area contributed by atoms with Crippen molar-refractivity contribution in [1.29, 1.82) is 5.26 Å². The van der Waals surface area contributed by atoms with E-state index in [4.69, 9.17) is 10.00 Å². The molecule has 1 aliphatic rings. The number of amides is 1. The number of carboxylic acid groups (broad SMARTS) is 1. The highest BCUT2D eigenvalue weighted by Crippen LogP contribution is 2.39. The summed E-state index contributed by atoms with van der Waals surface area (Å²) in [7, 11) is 0. The summed E-state index contributed by atoms with van der Waals surface area (Å²) in [6.07, 6.45) is 4.54. The molecule has 1 aliphatic carbocycles. The summed E-state index contributed by atoms with van der Waals surface area (Å²) in [6, 6.07) is 6.86. The number of benzene rings is 1. The predicted molar refractivity (Wildman–Crippen MR) is 97.9 cm³/mol. The minimum atomic E-state index is -1.01. The Balaban J connectivity index is 2.20. The first kappa shape index (κ1) is 19.8. The van der Waals surface area contributed by atoms with E-state index >= 15 is 0 Å². The Morgan fingerprint density at radius 2 is 1.92 bits per heavy atom. The molecule has 0 aliphatic heterocycles. The topological polar surface area (TPSA) is 99.4 Å². The molecule has 2 N–H and O–H groups in total. The number of carboxylic acids is 1. The van der Waals surface area contributed by atoms with Crippen molar-refractivity contribution in [2.24, 2.45) is 5.41 Å². The smallest absolute Gasteiger partial charge is 0.310 e. The number of aliphatic carboxylic acids is 1. The van der Waals surface area contributed by atoms with Gasteiger partial charge in [-0.15, -0.1) is 0 Å². The number of rotatable bonds is 6. The second kappa shape index (κ2) is 8.70. The molecule has 0 radical (unpaired) electrons. The van der Waals surface area contributed by atoms with Crippen LogP contribution in [0, 0.1) is 16.7 Å². The maximum Gasteiger partial charge on any atom is 0.310 e. The van der Waals surface area contributed by atoms with Crippen LogP contribution in [0.4, 0.5) is 5.69 Å². The first-order chi connectivity index (χ1) is 12.4. The van der Waals surface area contributed by atoms with Gasteiger partial charge in [-0.3, -0.25) is 9.59 Å². The standard InChI is InChI=1S/C20H26N2O4/c1-14(2)26-17-8-7-15(13-21)11-16(17)22-18(23)12-20(19(24)25)9-5-3-4-6-10-20/h7-8,11,14H,3-6,9-10,12H2,1-2H3,(H,22,23)(H,24,25). The molecule has 0 aromatic heterocycles. The van der Waals surface area contributed by atoms with Gasteiger partial charge in [-0.1, -0.05) is 25.7 Å². The van der Waals surface area contributed by atoms with Crippen molar-refractivity contribution >= 4 is 17.6 Å². The number of carbonyl (C=O) groups is 2. The number of nitrogens with zero attached hydrogens (tertiary/aromatic N) is 1. The molecule has 1 aromatic carbocycles. The Morgan fingerprint density at radius 3 is 2.46 bits per heavy atom. The van der Waals surface area contributed by atoms with Gasteiger partial charge >= 0.3 is 5.97 Å². The third kappa shape index (κ3) is 4.98. The zero-order valence-electron chi connectivity index (χ0n) is 15.4. The van der Waals surface area contributed by atoms with Gasteiger partial charge in [-0.25, -0.2) is 0 Å². The molecule has 1 fully saturated rings. The van der Waals surface area contributed by atoms with Crippen LogP contribution in [0.25, 0.3) is 0 Å². The number of nitrogens with one attached hydrogen (secondary N) is 1. The molecule has 6 heteroatoms. The highest BCUT2D eigenvalue weighted by Gasteiger charge is 2.40. The summed E-state index contributed by atoms with van der Waals surface area (Å²) in [5, 5.41) is 21.6. The van der Waals surface area contributed by atoms with Crippen molar-refractivity contribution in [2.45, 2.75) is 64.9 Å². The normalized spacial score (nSPS) is 16.4. The number of nitriles is 1. The Hall–Kier alpha value is -2.55. The third-order valence-electron chi connectivity index (χ3n) is 4.76. The SMILES string of the molecule is CC(C)Oc1ccc(C#N)cc1NC(=O)CC1(C(=O)O)CCCCCC1. The van der Waals surface area contributed by atoms with Crippen molar-refractivity contribution in [2.75, 3.05) is 5.32 Å². The van der Waals surface area contributed by atoms with E-state index in [0.29, 0.717) is 29.8 Å². The summed E-state index contributed by atoms with van der Waals surface area (Å²) in [5.74, 6) is -0.797. The van der Waals surface area contributed by atoms with E-state index in [1.165, 1.54) is 0 Å². The van der Waals surface area contributed by atoms with Gasteiger partial charge in [0.15, 0.2) is 0 Å². The molecular formula is C20H26N2O4. The lowest BCUT2D eigenvalue weighted by Gasteiger charge is -2.27. The first-order valence-corrected chi connectivity index (χ1v) is 9.10. The van der Waals surface area contributed by atoms with Crippen LogP contribution in [0.15, 0.2) is 18.2 Å². The van der Waals surface area contributed by atoms with Crippen LogP contribution in [0.1, 0.15) is 64.4 Å². The van der Waals surface area contributed by atoms with Gasteiger partial charge in [0, 0.05) is 6.42 Å². The van der Waals surface area contributed by atoms with Crippen molar-refractivity contribution in [3.63, 3.8) is 0 Å². The molecule has 0 spiro atoms. The quantitative estimate of drug-likeness (QED) is 0.746. The Labute approximate surface area is 154 Å². The van der Waals surface area contributed by atoms with Crippen LogP contribution in [0.5, 0.6) is 5.75 Å². The second-order valence-corrected chi connectivity index (χ2v) is 7.21. The van der Waals surface area contributed by atoms with Crippen LogP contribution in [-0.2, 0) is 9.59 Å². The summed E-state index contributed by atoms with van der Waals surface area (Å²) >= 11 is 0. The lowest BCUT2D eigenvalue weighted by atomic mass is 9.77. The fraction of sp³-hybridized carbons (Fsp3) is 0.550. The molecule has 1 aromatic rings. The van der Waals surface area contributed by atoms with Crippen LogP contribution in [0.2, 0.25) is 0 Å². The molecule has 26 heavy (non-hydrogen) atoms. The van der Waals surface area contributed by atoms with E-state index in [1.807, 2.05) is 19.9 Å². The van der Waals surface area contributed by atoms with Gasteiger partial charge < -0.3 is 15.2 Å². The van der Waals surface area contributed by atoms with E-state index in [9.17, 15) is 14.7 Å². The highest BCUT2D eigenvalue weighted by atomic mass is 16.5. The van der Waals surface area contributed by atoms with Crippen molar-refractivity contribution in [1.82, 2.24) is 0 Å². The molecule has 0 unspecified atom stereocenters. The second-order valence-electron chi connectivity index (χ2n) is 7.21. The Bertz CT molecular complexity index is 698. The lowest BCUT2D eigenvalue weighted by molar-refractivity contribution is -0.152. The average molecular weight is 358 g/mol. The molecular weight excluding hydrogens is 332 g/mol. The van der Waals surface area contributed by atoms with Gasteiger partial charge in [-0.05, 0) is 44.9 Å². The molecule has 0 heterocycles. The maximum atomic E-state index is 12.6. The molecule has 1 amide bonds. The van der Waals surface area contributed by atoms with Crippen molar-refractivity contribution in [3.05, 3.63) is 23.8 Å².